The zero-order chi connectivity index (χ0) is 18.8. The molecule has 6 nitrogen and oxygen atoms in total. The number of pyridine rings is 1. The summed E-state index contributed by atoms with van der Waals surface area (Å²) in [6.45, 7) is 3.42. The molecule has 0 radical (unpaired) electrons. The first kappa shape index (κ1) is 18.1. The lowest BCUT2D eigenvalue weighted by Gasteiger charge is -2.10. The molecule has 1 aliphatic rings. The lowest BCUT2D eigenvalue weighted by atomic mass is 10.1. The van der Waals surface area contributed by atoms with Crippen LogP contribution < -0.4 is 5.32 Å². The number of carbonyl (C=O) groups is 1. The van der Waals surface area contributed by atoms with E-state index in [-0.39, 0.29) is 5.91 Å². The third kappa shape index (κ3) is 3.88. The zero-order valence-corrected chi connectivity index (χ0v) is 16.9. The van der Waals surface area contributed by atoms with Gasteiger partial charge < -0.3 is 9.88 Å². The topological polar surface area (TPSA) is 72.7 Å². The fourth-order valence-electron chi connectivity index (χ4n) is 3.63. The van der Waals surface area contributed by atoms with Crippen molar-refractivity contribution in [2.24, 2.45) is 0 Å². The van der Waals surface area contributed by atoms with E-state index in [1.54, 1.807) is 0 Å². The van der Waals surface area contributed by atoms with E-state index in [1.807, 2.05) is 31.2 Å². The van der Waals surface area contributed by atoms with Crippen LogP contribution in [0.25, 0.3) is 10.9 Å². The van der Waals surface area contributed by atoms with Crippen molar-refractivity contribution in [1.82, 2.24) is 25.1 Å². The Balaban J connectivity index is 1.48. The Morgan fingerprint density at radius 2 is 2.11 bits per heavy atom. The first-order valence-corrected chi connectivity index (χ1v) is 10.2. The van der Waals surface area contributed by atoms with Crippen LogP contribution in [0.3, 0.4) is 0 Å². The van der Waals surface area contributed by atoms with Gasteiger partial charge >= 0.3 is 0 Å². The molecule has 27 heavy (non-hydrogen) atoms. The van der Waals surface area contributed by atoms with E-state index in [1.165, 1.54) is 19.3 Å². The lowest BCUT2D eigenvalue weighted by molar-refractivity contribution is 0.0955. The molecular weight excluding hydrogens is 406 g/mol. The molecule has 0 unspecified atom stereocenters. The molecule has 2 aromatic heterocycles. The van der Waals surface area contributed by atoms with Gasteiger partial charge in [-0.05, 0) is 44.0 Å². The quantitative estimate of drug-likeness (QED) is 0.690. The highest BCUT2D eigenvalue weighted by atomic mass is 79.9. The molecule has 0 aliphatic carbocycles. The summed E-state index contributed by atoms with van der Waals surface area (Å²) in [5.41, 5.74) is 2.31. The predicted octanol–water partition coefficient (Wildman–Crippen LogP) is 3.60. The molecule has 1 aliphatic heterocycles. The number of nitrogens with zero attached hydrogens (tertiary/aromatic N) is 4. The van der Waals surface area contributed by atoms with Gasteiger partial charge in [-0.25, -0.2) is 0 Å². The van der Waals surface area contributed by atoms with E-state index in [2.05, 4.69) is 41.0 Å². The van der Waals surface area contributed by atoms with Gasteiger partial charge in [0.05, 0.1) is 11.1 Å². The number of benzene rings is 1. The van der Waals surface area contributed by atoms with Crippen molar-refractivity contribution in [3.8, 4) is 0 Å². The molecule has 0 fully saturated rings. The molecule has 0 bridgehead atoms. The summed E-state index contributed by atoms with van der Waals surface area (Å²) in [6, 6.07) is 7.64. The fraction of sp³-hybridized carbons (Fsp3) is 0.400. The summed E-state index contributed by atoms with van der Waals surface area (Å²) in [6.07, 6.45) is 5.27. The normalized spacial score (nSPS) is 14.0. The van der Waals surface area contributed by atoms with Gasteiger partial charge in [0.25, 0.3) is 5.91 Å². The third-order valence-electron chi connectivity index (χ3n) is 4.96. The SMILES string of the molecule is Cc1cc(C(=O)NCCc2nnc3n2CCCCC3)c2cc(Br)ccc2n1. The lowest BCUT2D eigenvalue weighted by Crippen LogP contribution is -2.27. The molecule has 1 aromatic carbocycles. The van der Waals surface area contributed by atoms with Gasteiger partial charge in [0.1, 0.15) is 11.6 Å². The summed E-state index contributed by atoms with van der Waals surface area (Å²) >= 11 is 3.48. The predicted molar refractivity (Wildman–Crippen MR) is 108 cm³/mol. The Morgan fingerprint density at radius 1 is 1.22 bits per heavy atom. The Kier molecular flexibility index (Phi) is 5.20. The van der Waals surface area contributed by atoms with Crippen LogP contribution in [-0.2, 0) is 19.4 Å². The Morgan fingerprint density at radius 3 is 3.00 bits per heavy atom. The Hall–Kier alpha value is -2.28. The second kappa shape index (κ2) is 7.76. The molecule has 0 saturated carbocycles. The smallest absolute Gasteiger partial charge is 0.252 e. The number of fused-ring (bicyclic) bond motifs is 2. The van der Waals surface area contributed by atoms with Crippen LogP contribution in [-0.4, -0.2) is 32.2 Å². The first-order valence-electron chi connectivity index (χ1n) is 9.38. The summed E-state index contributed by atoms with van der Waals surface area (Å²) in [5, 5.41) is 12.5. The molecular formula is C20H22BrN5O. The van der Waals surface area contributed by atoms with Crippen LogP contribution in [0.5, 0.6) is 0 Å². The minimum Gasteiger partial charge on any atom is -0.352 e. The standard InChI is InChI=1S/C20H22BrN5O/c1-13-11-16(15-12-14(21)6-7-17(15)23-13)20(27)22-9-8-19-25-24-18-5-3-2-4-10-26(18)19/h6-7,11-12H,2-5,8-10H2,1H3,(H,22,27). The number of aryl methyl sites for hydroxylation is 2. The van der Waals surface area contributed by atoms with Crippen molar-refractivity contribution in [1.29, 1.82) is 0 Å². The maximum absolute atomic E-state index is 12.8. The van der Waals surface area contributed by atoms with Gasteiger partial charge in [-0.15, -0.1) is 10.2 Å². The monoisotopic (exact) mass is 427 g/mol. The molecule has 3 heterocycles. The summed E-state index contributed by atoms with van der Waals surface area (Å²) in [4.78, 5) is 17.3. The molecule has 0 atom stereocenters. The van der Waals surface area contributed by atoms with Crippen molar-refractivity contribution in [3.05, 3.63) is 51.6 Å². The number of rotatable bonds is 4. The Bertz CT molecular complexity index is 997. The van der Waals surface area contributed by atoms with Crippen LogP contribution in [0.4, 0.5) is 0 Å². The van der Waals surface area contributed by atoms with E-state index in [0.717, 1.165) is 45.7 Å². The third-order valence-corrected chi connectivity index (χ3v) is 5.46. The molecule has 7 heteroatoms. The number of halogens is 1. The number of amides is 1. The minimum atomic E-state index is -0.0841. The van der Waals surface area contributed by atoms with E-state index in [9.17, 15) is 4.79 Å². The largest absolute Gasteiger partial charge is 0.352 e. The summed E-state index contributed by atoms with van der Waals surface area (Å²) in [5.74, 6) is 1.96. The second-order valence-corrected chi connectivity index (χ2v) is 7.89. The molecule has 0 spiro atoms. The average molecular weight is 428 g/mol. The maximum atomic E-state index is 12.8. The molecule has 4 rings (SSSR count). The van der Waals surface area contributed by atoms with Gasteiger partial charge in [-0.1, -0.05) is 22.4 Å². The van der Waals surface area contributed by atoms with Gasteiger partial charge in [-0.3, -0.25) is 9.78 Å². The number of hydrogen-bond acceptors (Lipinski definition) is 4. The van der Waals surface area contributed by atoms with E-state index >= 15 is 0 Å². The van der Waals surface area contributed by atoms with Gasteiger partial charge in [0.2, 0.25) is 0 Å². The van der Waals surface area contributed by atoms with E-state index in [4.69, 9.17) is 0 Å². The molecule has 1 N–H and O–H groups in total. The van der Waals surface area contributed by atoms with Gasteiger partial charge in [0.15, 0.2) is 0 Å². The van der Waals surface area contributed by atoms with Gasteiger partial charge in [-0.2, -0.15) is 0 Å². The molecule has 0 saturated heterocycles. The van der Waals surface area contributed by atoms with Crippen molar-refractivity contribution in [2.45, 2.75) is 45.6 Å². The van der Waals surface area contributed by atoms with E-state index < -0.39 is 0 Å². The minimum absolute atomic E-state index is 0.0841. The molecule has 1 amide bonds. The van der Waals surface area contributed by atoms with Crippen molar-refractivity contribution < 1.29 is 4.79 Å². The van der Waals surface area contributed by atoms with E-state index in [0.29, 0.717) is 18.5 Å². The number of nitrogens with one attached hydrogen (secondary N) is 1. The average Bonchev–Trinajstić information content (AvgIpc) is 2.87. The van der Waals surface area contributed by atoms with Crippen molar-refractivity contribution in [3.63, 3.8) is 0 Å². The number of carbonyl (C=O) groups excluding carboxylic acids is 1. The Labute approximate surface area is 166 Å². The highest BCUT2D eigenvalue weighted by Gasteiger charge is 2.16. The number of hydrogen-bond donors (Lipinski definition) is 1. The molecule has 3 aromatic rings. The molecule has 140 valence electrons. The first-order chi connectivity index (χ1) is 13.1. The van der Waals surface area contributed by atoms with Crippen molar-refractivity contribution in [2.75, 3.05) is 6.54 Å². The van der Waals surface area contributed by atoms with Crippen LogP contribution >= 0.6 is 15.9 Å². The summed E-state index contributed by atoms with van der Waals surface area (Å²) < 4.78 is 3.16. The maximum Gasteiger partial charge on any atom is 0.252 e. The van der Waals surface area contributed by atoms with Crippen LogP contribution in [0.15, 0.2) is 28.7 Å². The zero-order valence-electron chi connectivity index (χ0n) is 15.3. The van der Waals surface area contributed by atoms with Crippen LogP contribution in [0, 0.1) is 6.92 Å². The fourth-order valence-corrected chi connectivity index (χ4v) is 3.99. The second-order valence-electron chi connectivity index (χ2n) is 6.97. The van der Waals surface area contributed by atoms with Crippen molar-refractivity contribution >= 4 is 32.7 Å². The van der Waals surface area contributed by atoms with Crippen LogP contribution in [0.2, 0.25) is 0 Å². The summed E-state index contributed by atoms with van der Waals surface area (Å²) in [7, 11) is 0. The number of aromatic nitrogens is 4. The van der Waals surface area contributed by atoms with Crippen LogP contribution in [0.1, 0.15) is 47.0 Å². The highest BCUT2D eigenvalue weighted by Crippen LogP contribution is 2.23. The highest BCUT2D eigenvalue weighted by molar-refractivity contribution is 9.10. The van der Waals surface area contributed by atoms with Gasteiger partial charge in [0, 0.05) is 41.5 Å².